The minimum Gasteiger partial charge on any atom is -0.326 e. The predicted molar refractivity (Wildman–Crippen MR) is 72.7 cm³/mol. The van der Waals surface area contributed by atoms with Crippen LogP contribution in [0.4, 0.5) is 10.1 Å². The van der Waals surface area contributed by atoms with Crippen molar-refractivity contribution in [3.63, 3.8) is 0 Å². The third kappa shape index (κ3) is 2.60. The quantitative estimate of drug-likeness (QED) is 0.876. The van der Waals surface area contributed by atoms with Crippen LogP contribution >= 0.6 is 11.6 Å². The van der Waals surface area contributed by atoms with E-state index in [-0.39, 0.29) is 17.2 Å². The average molecular weight is 283 g/mol. The zero-order valence-corrected chi connectivity index (χ0v) is 11.3. The van der Waals surface area contributed by atoms with Crippen LogP contribution in [0.1, 0.15) is 19.3 Å². The molecule has 1 aliphatic carbocycles. The third-order valence-corrected chi connectivity index (χ3v) is 4.45. The lowest BCUT2D eigenvalue weighted by Crippen LogP contribution is -2.31. The molecule has 19 heavy (non-hydrogen) atoms. The molecule has 0 radical (unpaired) electrons. The molecule has 1 aromatic rings. The molecular weight excluding hydrogens is 267 g/mol. The van der Waals surface area contributed by atoms with Gasteiger partial charge in [-0.05, 0) is 56.0 Å². The molecule has 1 aliphatic heterocycles. The first kappa shape index (κ1) is 12.9. The van der Waals surface area contributed by atoms with Crippen molar-refractivity contribution < 1.29 is 9.18 Å². The summed E-state index contributed by atoms with van der Waals surface area (Å²) in [4.78, 5) is 12.2. The molecule has 5 heteroatoms. The average Bonchev–Trinajstić information content (AvgIpc) is 3.02. The van der Waals surface area contributed by atoms with Crippen LogP contribution in [0.5, 0.6) is 0 Å². The smallest absolute Gasteiger partial charge is 0.228 e. The maximum absolute atomic E-state index is 13.2. The van der Waals surface area contributed by atoms with E-state index >= 15 is 0 Å². The van der Waals surface area contributed by atoms with E-state index in [1.807, 2.05) is 0 Å². The predicted octanol–water partition coefficient (Wildman–Crippen LogP) is 2.81. The van der Waals surface area contributed by atoms with E-state index in [1.54, 1.807) is 6.07 Å². The third-order valence-electron chi connectivity index (χ3n) is 4.24. The van der Waals surface area contributed by atoms with Crippen molar-refractivity contribution in [1.29, 1.82) is 0 Å². The molecule has 1 spiro atoms. The summed E-state index contributed by atoms with van der Waals surface area (Å²) in [5.74, 6) is -0.379. The molecule has 102 valence electrons. The van der Waals surface area contributed by atoms with Crippen molar-refractivity contribution in [2.45, 2.75) is 19.3 Å². The van der Waals surface area contributed by atoms with Gasteiger partial charge in [-0.25, -0.2) is 4.39 Å². The highest BCUT2D eigenvalue weighted by molar-refractivity contribution is 6.30. The molecule has 2 aliphatic rings. The Kier molecular flexibility index (Phi) is 3.23. The molecule has 1 saturated carbocycles. The Balaban J connectivity index is 1.66. The van der Waals surface area contributed by atoms with Crippen LogP contribution in [-0.2, 0) is 4.79 Å². The van der Waals surface area contributed by atoms with Crippen molar-refractivity contribution in [2.75, 3.05) is 18.4 Å². The molecule has 3 nitrogen and oxygen atoms in total. The van der Waals surface area contributed by atoms with Gasteiger partial charge in [0.1, 0.15) is 5.82 Å². The molecule has 2 fully saturated rings. The van der Waals surface area contributed by atoms with Gasteiger partial charge in [-0.1, -0.05) is 11.6 Å². The van der Waals surface area contributed by atoms with Gasteiger partial charge >= 0.3 is 0 Å². The van der Waals surface area contributed by atoms with Crippen LogP contribution in [0.2, 0.25) is 5.02 Å². The Hall–Kier alpha value is -1.13. The molecule has 2 N–H and O–H groups in total. The summed E-state index contributed by atoms with van der Waals surface area (Å²) in [5, 5.41) is 6.37. The fourth-order valence-electron chi connectivity index (χ4n) is 3.05. The number of rotatable bonds is 2. The first-order valence-electron chi connectivity index (χ1n) is 6.57. The van der Waals surface area contributed by atoms with Crippen LogP contribution in [0, 0.1) is 17.2 Å². The van der Waals surface area contributed by atoms with Gasteiger partial charge in [0, 0.05) is 16.6 Å². The van der Waals surface area contributed by atoms with Crippen molar-refractivity contribution >= 4 is 23.2 Å². The summed E-state index contributed by atoms with van der Waals surface area (Å²) >= 11 is 5.77. The fourth-order valence-corrected chi connectivity index (χ4v) is 3.27. The van der Waals surface area contributed by atoms with Crippen LogP contribution in [0.3, 0.4) is 0 Å². The Labute approximate surface area is 116 Å². The van der Waals surface area contributed by atoms with Crippen LogP contribution < -0.4 is 10.6 Å². The first-order chi connectivity index (χ1) is 9.09. The van der Waals surface area contributed by atoms with E-state index in [4.69, 9.17) is 11.6 Å². The van der Waals surface area contributed by atoms with Crippen LogP contribution in [0.15, 0.2) is 18.2 Å². The number of amides is 1. The maximum atomic E-state index is 13.2. The molecule has 1 aromatic carbocycles. The molecule has 1 saturated heterocycles. The summed E-state index contributed by atoms with van der Waals surface area (Å²) in [7, 11) is 0. The molecule has 1 amide bonds. The topological polar surface area (TPSA) is 41.1 Å². The van der Waals surface area contributed by atoms with E-state index in [0.717, 1.165) is 32.4 Å². The first-order valence-corrected chi connectivity index (χ1v) is 6.95. The number of nitrogens with one attached hydrogen (secondary N) is 2. The lowest BCUT2D eigenvalue weighted by Gasteiger charge is -2.23. The summed E-state index contributed by atoms with van der Waals surface area (Å²) in [6.07, 6.45) is 3.05. The van der Waals surface area contributed by atoms with Gasteiger partial charge in [0.05, 0.1) is 0 Å². The summed E-state index contributed by atoms with van der Waals surface area (Å²) in [6, 6.07) is 4.09. The molecule has 1 heterocycles. The molecule has 0 bridgehead atoms. The number of carbonyl (C=O) groups excluding carboxylic acids is 1. The Morgan fingerprint density at radius 1 is 1.37 bits per heavy atom. The number of hydrogen-bond donors (Lipinski definition) is 2. The van der Waals surface area contributed by atoms with Crippen LogP contribution in [-0.4, -0.2) is 19.0 Å². The number of halogens is 2. The van der Waals surface area contributed by atoms with Crippen molar-refractivity contribution in [3.8, 4) is 0 Å². The van der Waals surface area contributed by atoms with Gasteiger partial charge in [-0.3, -0.25) is 4.79 Å². The highest BCUT2D eigenvalue weighted by atomic mass is 35.5. The zero-order chi connectivity index (χ0) is 13.5. The van der Waals surface area contributed by atoms with E-state index in [0.29, 0.717) is 10.7 Å². The molecule has 0 aromatic heterocycles. The van der Waals surface area contributed by atoms with Crippen molar-refractivity contribution in [1.82, 2.24) is 5.32 Å². The molecule has 3 rings (SSSR count). The SMILES string of the molecule is O=C(Nc1cc(F)cc(Cl)c1)C1CC12CCNCC2. The summed E-state index contributed by atoms with van der Waals surface area (Å²) < 4.78 is 13.2. The minimum atomic E-state index is -0.435. The normalized spacial score (nSPS) is 24.2. The highest BCUT2D eigenvalue weighted by Gasteiger charge is 2.57. The van der Waals surface area contributed by atoms with E-state index in [1.165, 1.54) is 12.1 Å². The number of piperidine rings is 1. The lowest BCUT2D eigenvalue weighted by atomic mass is 9.92. The van der Waals surface area contributed by atoms with E-state index in [9.17, 15) is 9.18 Å². The second-order valence-corrected chi connectivity index (χ2v) is 5.95. The minimum absolute atomic E-state index is 0.0106. The van der Waals surface area contributed by atoms with Crippen LogP contribution in [0.25, 0.3) is 0 Å². The van der Waals surface area contributed by atoms with E-state index < -0.39 is 5.82 Å². The summed E-state index contributed by atoms with van der Waals surface area (Å²) in [5.41, 5.74) is 0.623. The molecular formula is C14H16ClFN2O. The number of benzene rings is 1. The number of anilines is 1. The van der Waals surface area contributed by atoms with Gasteiger partial charge in [0.2, 0.25) is 5.91 Å². The van der Waals surface area contributed by atoms with E-state index in [2.05, 4.69) is 10.6 Å². The lowest BCUT2D eigenvalue weighted by molar-refractivity contribution is -0.118. The van der Waals surface area contributed by atoms with Crippen molar-refractivity contribution in [3.05, 3.63) is 29.0 Å². The van der Waals surface area contributed by atoms with Gasteiger partial charge in [0.25, 0.3) is 0 Å². The van der Waals surface area contributed by atoms with Gasteiger partial charge < -0.3 is 10.6 Å². The molecule has 1 unspecified atom stereocenters. The monoisotopic (exact) mass is 282 g/mol. The van der Waals surface area contributed by atoms with Gasteiger partial charge in [-0.2, -0.15) is 0 Å². The molecule has 1 atom stereocenters. The highest BCUT2D eigenvalue weighted by Crippen LogP contribution is 2.58. The Morgan fingerprint density at radius 2 is 2.11 bits per heavy atom. The largest absolute Gasteiger partial charge is 0.326 e. The Bertz CT molecular complexity index is 494. The van der Waals surface area contributed by atoms with Gasteiger partial charge in [-0.15, -0.1) is 0 Å². The standard InChI is InChI=1S/C14H16ClFN2O/c15-9-5-10(16)7-11(6-9)18-13(19)12-8-14(12)1-3-17-4-2-14/h5-7,12,17H,1-4,8H2,(H,18,19). The number of carbonyl (C=O) groups is 1. The maximum Gasteiger partial charge on any atom is 0.228 e. The van der Waals surface area contributed by atoms with Gasteiger partial charge in [0.15, 0.2) is 0 Å². The second kappa shape index (κ2) is 4.76. The van der Waals surface area contributed by atoms with Crippen molar-refractivity contribution in [2.24, 2.45) is 11.3 Å². The fraction of sp³-hybridized carbons (Fsp3) is 0.500. The second-order valence-electron chi connectivity index (χ2n) is 5.52. The summed E-state index contributed by atoms with van der Waals surface area (Å²) in [6.45, 7) is 1.96. The Morgan fingerprint density at radius 3 is 2.79 bits per heavy atom. The zero-order valence-electron chi connectivity index (χ0n) is 10.5. The number of hydrogen-bond acceptors (Lipinski definition) is 2.